The zero-order chi connectivity index (χ0) is 14.9. The van der Waals surface area contributed by atoms with E-state index in [1.54, 1.807) is 24.7 Å². The monoisotopic (exact) mass is 288 g/mol. The van der Waals surface area contributed by atoms with Crippen LogP contribution in [0, 0.1) is 17.7 Å². The first-order valence-electron chi connectivity index (χ1n) is 6.77. The Bertz CT molecular complexity index is 615. The molecule has 0 unspecified atom stereocenters. The Hall–Kier alpha value is -2.32. The van der Waals surface area contributed by atoms with Gasteiger partial charge in [-0.25, -0.2) is 9.37 Å². The molecule has 0 fully saturated rings. The Kier molecular flexibility index (Phi) is 5.80. The van der Waals surface area contributed by atoms with Gasteiger partial charge in [-0.3, -0.25) is 0 Å². The zero-order valence-corrected chi connectivity index (χ0v) is 11.6. The Labute approximate surface area is 123 Å². The molecule has 110 valence electrons. The number of nitrogens with zero attached hydrogens (tertiary/aromatic N) is 2. The van der Waals surface area contributed by atoms with Crippen LogP contribution in [0.2, 0.25) is 0 Å². The summed E-state index contributed by atoms with van der Waals surface area (Å²) in [7, 11) is 0. The normalized spacial score (nSPS) is 10.0. The molecule has 0 saturated carbocycles. The largest absolute Gasteiger partial charge is 0.493 e. The molecule has 0 radical (unpaired) electrons. The second kappa shape index (κ2) is 8.08. The fraction of sp³-hybridized carbons (Fsp3) is 0.312. The van der Waals surface area contributed by atoms with Crippen molar-refractivity contribution in [3.05, 3.63) is 48.3 Å². The highest BCUT2D eigenvalue weighted by Gasteiger charge is 2.02. The predicted octanol–water partition coefficient (Wildman–Crippen LogP) is 2.23. The highest BCUT2D eigenvalue weighted by Crippen LogP contribution is 2.16. The second-order valence-corrected chi connectivity index (χ2v) is 4.42. The summed E-state index contributed by atoms with van der Waals surface area (Å²) in [4.78, 5) is 3.96. The average molecular weight is 288 g/mol. The van der Waals surface area contributed by atoms with E-state index >= 15 is 0 Å². The van der Waals surface area contributed by atoms with Gasteiger partial charge in [0, 0.05) is 31.4 Å². The van der Waals surface area contributed by atoms with Crippen molar-refractivity contribution in [3.63, 3.8) is 0 Å². The number of aryl methyl sites for hydroxylation is 1. The molecule has 0 bridgehead atoms. The van der Waals surface area contributed by atoms with Gasteiger partial charge in [0.05, 0.1) is 25.1 Å². The molecule has 0 spiro atoms. The van der Waals surface area contributed by atoms with Crippen LogP contribution in [0.3, 0.4) is 0 Å². The van der Waals surface area contributed by atoms with Crippen molar-refractivity contribution >= 4 is 0 Å². The molecule has 21 heavy (non-hydrogen) atoms. The van der Waals surface area contributed by atoms with Gasteiger partial charge < -0.3 is 14.4 Å². The van der Waals surface area contributed by atoms with Crippen molar-refractivity contribution in [2.45, 2.75) is 19.4 Å². The number of hydrogen-bond acceptors (Lipinski definition) is 3. The average Bonchev–Trinajstić information content (AvgIpc) is 2.99. The number of halogens is 1. The fourth-order valence-corrected chi connectivity index (χ4v) is 1.76. The van der Waals surface area contributed by atoms with Gasteiger partial charge in [0.2, 0.25) is 0 Å². The van der Waals surface area contributed by atoms with Crippen LogP contribution in [-0.4, -0.2) is 27.9 Å². The number of imidazole rings is 1. The number of aromatic nitrogens is 2. The van der Waals surface area contributed by atoms with Gasteiger partial charge in [-0.15, -0.1) is 0 Å². The van der Waals surface area contributed by atoms with E-state index in [0.717, 1.165) is 13.0 Å². The third-order valence-electron chi connectivity index (χ3n) is 2.79. The molecule has 2 rings (SSSR count). The van der Waals surface area contributed by atoms with Crippen LogP contribution in [0.25, 0.3) is 0 Å². The molecule has 0 aliphatic rings. The molecule has 4 nitrogen and oxygen atoms in total. The second-order valence-electron chi connectivity index (χ2n) is 4.42. The van der Waals surface area contributed by atoms with Crippen molar-refractivity contribution < 1.29 is 14.2 Å². The Morgan fingerprint density at radius 2 is 2.29 bits per heavy atom. The van der Waals surface area contributed by atoms with Gasteiger partial charge in [0.25, 0.3) is 0 Å². The van der Waals surface area contributed by atoms with E-state index < -0.39 is 5.82 Å². The topological polar surface area (TPSA) is 47.3 Å². The SMILES string of the molecule is OCCC#Cc1ccc(OCCCn2ccnc2)cc1F. The summed E-state index contributed by atoms with van der Waals surface area (Å²) in [5, 5.41) is 8.62. The third kappa shape index (κ3) is 4.93. The first-order chi connectivity index (χ1) is 10.3. The predicted molar refractivity (Wildman–Crippen MR) is 77.3 cm³/mol. The maximum atomic E-state index is 13.8. The highest BCUT2D eigenvalue weighted by atomic mass is 19.1. The smallest absolute Gasteiger partial charge is 0.142 e. The van der Waals surface area contributed by atoms with Crippen molar-refractivity contribution in [1.29, 1.82) is 0 Å². The first kappa shape index (κ1) is 15.1. The maximum Gasteiger partial charge on any atom is 0.142 e. The van der Waals surface area contributed by atoms with E-state index in [0.29, 0.717) is 24.3 Å². The van der Waals surface area contributed by atoms with Crippen molar-refractivity contribution in [2.24, 2.45) is 0 Å². The van der Waals surface area contributed by atoms with E-state index in [1.165, 1.54) is 6.07 Å². The first-order valence-corrected chi connectivity index (χ1v) is 6.77. The number of ether oxygens (including phenoxy) is 1. The van der Waals surface area contributed by atoms with Crippen LogP contribution < -0.4 is 4.74 Å². The number of benzene rings is 1. The number of rotatable bonds is 6. The summed E-state index contributed by atoms with van der Waals surface area (Å²) in [6, 6.07) is 4.62. The lowest BCUT2D eigenvalue weighted by atomic mass is 10.2. The van der Waals surface area contributed by atoms with Gasteiger partial charge in [-0.1, -0.05) is 11.8 Å². The van der Waals surface area contributed by atoms with Gasteiger partial charge in [0.15, 0.2) is 0 Å². The quantitative estimate of drug-likeness (QED) is 0.655. The Morgan fingerprint density at radius 1 is 1.38 bits per heavy atom. The van der Waals surface area contributed by atoms with E-state index in [-0.39, 0.29) is 6.61 Å². The minimum Gasteiger partial charge on any atom is -0.493 e. The molecule has 0 atom stereocenters. The molecule has 1 heterocycles. The third-order valence-corrected chi connectivity index (χ3v) is 2.79. The van der Waals surface area contributed by atoms with Crippen LogP contribution in [-0.2, 0) is 6.54 Å². The van der Waals surface area contributed by atoms with Gasteiger partial charge in [-0.05, 0) is 18.6 Å². The number of hydrogen-bond donors (Lipinski definition) is 1. The zero-order valence-electron chi connectivity index (χ0n) is 11.6. The molecule has 1 N–H and O–H groups in total. The summed E-state index contributed by atoms with van der Waals surface area (Å²) >= 11 is 0. The van der Waals surface area contributed by atoms with Crippen LogP contribution >= 0.6 is 0 Å². The van der Waals surface area contributed by atoms with E-state index in [9.17, 15) is 4.39 Å². The molecule has 0 aliphatic carbocycles. The van der Waals surface area contributed by atoms with E-state index in [1.807, 2.05) is 10.8 Å². The van der Waals surface area contributed by atoms with Gasteiger partial charge in [0.1, 0.15) is 11.6 Å². The molecule has 5 heteroatoms. The lowest BCUT2D eigenvalue weighted by molar-refractivity contribution is 0.300. The van der Waals surface area contributed by atoms with Crippen LogP contribution in [0.15, 0.2) is 36.9 Å². The lowest BCUT2D eigenvalue weighted by Gasteiger charge is -2.07. The van der Waals surface area contributed by atoms with Gasteiger partial charge in [-0.2, -0.15) is 0 Å². The summed E-state index contributed by atoms with van der Waals surface area (Å²) in [6.07, 6.45) is 6.52. The van der Waals surface area contributed by atoms with Crippen molar-refractivity contribution in [3.8, 4) is 17.6 Å². The molecular formula is C16H17FN2O2. The Balaban J connectivity index is 1.81. The van der Waals surface area contributed by atoms with Crippen molar-refractivity contribution in [2.75, 3.05) is 13.2 Å². The number of aliphatic hydroxyl groups is 1. The van der Waals surface area contributed by atoms with E-state index in [2.05, 4.69) is 16.8 Å². The summed E-state index contributed by atoms with van der Waals surface area (Å²) in [5.74, 6) is 5.45. The van der Waals surface area contributed by atoms with Crippen molar-refractivity contribution in [1.82, 2.24) is 9.55 Å². The molecule has 0 saturated heterocycles. The lowest BCUT2D eigenvalue weighted by Crippen LogP contribution is -2.03. The van der Waals surface area contributed by atoms with Gasteiger partial charge >= 0.3 is 0 Å². The molecular weight excluding hydrogens is 271 g/mol. The fourth-order valence-electron chi connectivity index (χ4n) is 1.76. The van der Waals surface area contributed by atoms with E-state index in [4.69, 9.17) is 9.84 Å². The minimum absolute atomic E-state index is 0.0211. The summed E-state index contributed by atoms with van der Waals surface area (Å²) in [6.45, 7) is 1.30. The minimum atomic E-state index is -0.410. The molecule has 1 aromatic heterocycles. The number of aliphatic hydroxyl groups excluding tert-OH is 1. The van der Waals surface area contributed by atoms with Crippen LogP contribution in [0.1, 0.15) is 18.4 Å². The molecule has 2 aromatic rings. The Morgan fingerprint density at radius 3 is 3.00 bits per heavy atom. The maximum absolute atomic E-state index is 13.8. The standard InChI is InChI=1S/C16H17FN2O2/c17-16-12-15(6-5-14(16)4-1-2-10-20)21-11-3-8-19-9-7-18-13-19/h5-7,9,12-13,20H,2-3,8,10-11H2. The molecule has 0 aliphatic heterocycles. The molecule has 0 amide bonds. The highest BCUT2D eigenvalue weighted by molar-refractivity contribution is 5.39. The summed E-state index contributed by atoms with van der Waals surface area (Å²) in [5.41, 5.74) is 0.314. The molecule has 1 aromatic carbocycles. The van der Waals surface area contributed by atoms with Crippen LogP contribution in [0.4, 0.5) is 4.39 Å². The summed E-state index contributed by atoms with van der Waals surface area (Å²) < 4.78 is 21.2. The van der Waals surface area contributed by atoms with Crippen LogP contribution in [0.5, 0.6) is 5.75 Å².